The van der Waals surface area contributed by atoms with Crippen molar-refractivity contribution in [2.45, 2.75) is 19.9 Å². The molecule has 0 bridgehead atoms. The maximum absolute atomic E-state index is 5.93. The van der Waals surface area contributed by atoms with Crippen LogP contribution in [-0.2, 0) is 6.54 Å². The van der Waals surface area contributed by atoms with E-state index in [-0.39, 0.29) is 0 Å². The van der Waals surface area contributed by atoms with Gasteiger partial charge in [0.05, 0.1) is 16.4 Å². The molecular weight excluding hydrogens is 309 g/mol. The number of hydrogen-bond donors (Lipinski definition) is 2. The summed E-state index contributed by atoms with van der Waals surface area (Å²) < 4.78 is 2.08. The Hall–Kier alpha value is -1.72. The topological polar surface area (TPSA) is 68.2 Å². The zero-order valence-electron chi connectivity index (χ0n) is 11.7. The van der Waals surface area contributed by atoms with E-state index in [0.717, 1.165) is 24.3 Å². The molecule has 0 fully saturated rings. The van der Waals surface area contributed by atoms with Crippen LogP contribution in [0.4, 0.5) is 5.69 Å². The molecule has 0 aliphatic heterocycles. The SMILES string of the molecule is Cc1cncn1CCCN=C(N)Nc1ccc(Cl)c(Cl)c1. The largest absolute Gasteiger partial charge is 0.370 e. The normalized spacial score (nSPS) is 11.7. The van der Waals surface area contributed by atoms with E-state index in [1.807, 2.05) is 19.4 Å². The molecule has 1 aromatic heterocycles. The second kappa shape index (κ2) is 7.33. The second-order valence-corrected chi connectivity index (χ2v) is 5.42. The fraction of sp³-hybridized carbons (Fsp3) is 0.286. The lowest BCUT2D eigenvalue weighted by molar-refractivity contribution is 0.637. The third kappa shape index (κ3) is 4.65. The first kappa shape index (κ1) is 15.7. The maximum atomic E-state index is 5.93. The van der Waals surface area contributed by atoms with E-state index in [0.29, 0.717) is 22.5 Å². The molecule has 3 N–H and O–H groups in total. The quantitative estimate of drug-likeness (QED) is 0.503. The van der Waals surface area contributed by atoms with Gasteiger partial charge in [-0.3, -0.25) is 4.99 Å². The van der Waals surface area contributed by atoms with E-state index in [1.165, 1.54) is 0 Å². The van der Waals surface area contributed by atoms with Crippen LogP contribution in [0.2, 0.25) is 10.0 Å². The Morgan fingerprint density at radius 3 is 2.86 bits per heavy atom. The smallest absolute Gasteiger partial charge is 0.193 e. The molecule has 0 radical (unpaired) electrons. The van der Waals surface area contributed by atoms with Crippen molar-refractivity contribution in [2.75, 3.05) is 11.9 Å². The summed E-state index contributed by atoms with van der Waals surface area (Å²) >= 11 is 11.8. The van der Waals surface area contributed by atoms with Crippen molar-refractivity contribution >= 4 is 34.8 Å². The standard InChI is InChI=1S/C14H17Cl2N5/c1-10-8-18-9-21(10)6-2-5-19-14(17)20-11-3-4-12(15)13(16)7-11/h3-4,7-9H,2,5-6H2,1H3,(H3,17,19,20). The Balaban J connectivity index is 1.81. The number of aryl methyl sites for hydroxylation is 2. The molecule has 112 valence electrons. The van der Waals surface area contributed by atoms with Crippen molar-refractivity contribution in [2.24, 2.45) is 10.7 Å². The molecule has 0 saturated heterocycles. The van der Waals surface area contributed by atoms with Gasteiger partial charge in [-0.1, -0.05) is 23.2 Å². The number of anilines is 1. The summed E-state index contributed by atoms with van der Waals surface area (Å²) in [5.41, 5.74) is 7.73. The minimum atomic E-state index is 0.357. The van der Waals surface area contributed by atoms with Crippen LogP contribution in [0.5, 0.6) is 0 Å². The van der Waals surface area contributed by atoms with Gasteiger partial charge in [-0.25, -0.2) is 4.98 Å². The molecule has 0 saturated carbocycles. The van der Waals surface area contributed by atoms with Gasteiger partial charge in [0.2, 0.25) is 0 Å². The number of halogens is 2. The molecule has 1 aromatic carbocycles. The minimum absolute atomic E-state index is 0.357. The summed E-state index contributed by atoms with van der Waals surface area (Å²) in [5.74, 6) is 0.357. The zero-order chi connectivity index (χ0) is 15.2. The van der Waals surface area contributed by atoms with Crippen LogP contribution in [0.25, 0.3) is 0 Å². The van der Waals surface area contributed by atoms with Crippen LogP contribution < -0.4 is 11.1 Å². The lowest BCUT2D eigenvalue weighted by atomic mass is 10.3. The van der Waals surface area contributed by atoms with Crippen LogP contribution >= 0.6 is 23.2 Å². The molecule has 0 aliphatic carbocycles. The monoisotopic (exact) mass is 325 g/mol. The molecular formula is C14H17Cl2N5. The number of aliphatic imine (C=N–C) groups is 1. The summed E-state index contributed by atoms with van der Waals surface area (Å²) in [7, 11) is 0. The van der Waals surface area contributed by atoms with E-state index in [1.54, 1.807) is 18.2 Å². The average molecular weight is 326 g/mol. The average Bonchev–Trinajstić information content (AvgIpc) is 2.85. The first-order valence-corrected chi connectivity index (χ1v) is 7.30. The third-order valence-electron chi connectivity index (χ3n) is 2.95. The summed E-state index contributed by atoms with van der Waals surface area (Å²) in [4.78, 5) is 8.35. The molecule has 0 unspecified atom stereocenters. The number of aromatic nitrogens is 2. The fourth-order valence-electron chi connectivity index (χ4n) is 1.82. The number of rotatable bonds is 5. The van der Waals surface area contributed by atoms with Gasteiger partial charge in [0.25, 0.3) is 0 Å². The van der Waals surface area contributed by atoms with Gasteiger partial charge in [-0.15, -0.1) is 0 Å². The van der Waals surface area contributed by atoms with Crippen molar-refractivity contribution < 1.29 is 0 Å². The molecule has 7 heteroatoms. The van der Waals surface area contributed by atoms with Gasteiger partial charge in [-0.05, 0) is 31.5 Å². The van der Waals surface area contributed by atoms with Gasteiger partial charge in [-0.2, -0.15) is 0 Å². The zero-order valence-corrected chi connectivity index (χ0v) is 13.2. The maximum Gasteiger partial charge on any atom is 0.193 e. The highest BCUT2D eigenvalue weighted by atomic mass is 35.5. The van der Waals surface area contributed by atoms with E-state index in [2.05, 4.69) is 19.9 Å². The Labute approximate surface area is 133 Å². The summed E-state index contributed by atoms with van der Waals surface area (Å²) in [6, 6.07) is 5.22. The van der Waals surface area contributed by atoms with Crippen molar-refractivity contribution in [1.82, 2.24) is 9.55 Å². The second-order valence-electron chi connectivity index (χ2n) is 4.60. The van der Waals surface area contributed by atoms with Crippen molar-refractivity contribution in [3.05, 3.63) is 46.5 Å². The number of nitrogens with one attached hydrogen (secondary N) is 1. The number of nitrogens with two attached hydrogens (primary N) is 1. The highest BCUT2D eigenvalue weighted by molar-refractivity contribution is 6.42. The third-order valence-corrected chi connectivity index (χ3v) is 3.69. The molecule has 21 heavy (non-hydrogen) atoms. The van der Waals surface area contributed by atoms with E-state index < -0.39 is 0 Å². The lowest BCUT2D eigenvalue weighted by Gasteiger charge is -2.07. The summed E-state index contributed by atoms with van der Waals surface area (Å²) in [5, 5.41) is 3.97. The number of guanidine groups is 1. The van der Waals surface area contributed by atoms with Crippen LogP contribution in [0.3, 0.4) is 0 Å². The lowest BCUT2D eigenvalue weighted by Crippen LogP contribution is -2.23. The Bertz CT molecular complexity index is 636. The molecule has 0 atom stereocenters. The number of hydrogen-bond acceptors (Lipinski definition) is 2. The van der Waals surface area contributed by atoms with Crippen LogP contribution in [-0.4, -0.2) is 22.1 Å². The Kier molecular flexibility index (Phi) is 5.47. The van der Waals surface area contributed by atoms with Crippen LogP contribution in [0.15, 0.2) is 35.7 Å². The predicted octanol–water partition coefficient (Wildman–Crippen LogP) is 3.32. The van der Waals surface area contributed by atoms with Gasteiger partial charge in [0.15, 0.2) is 5.96 Å². The number of benzene rings is 1. The first-order chi connectivity index (χ1) is 10.1. The molecule has 2 rings (SSSR count). The fourth-order valence-corrected chi connectivity index (χ4v) is 2.12. The van der Waals surface area contributed by atoms with Gasteiger partial charge < -0.3 is 15.6 Å². The van der Waals surface area contributed by atoms with Crippen LogP contribution in [0.1, 0.15) is 12.1 Å². The molecule has 0 spiro atoms. The number of nitrogens with zero attached hydrogens (tertiary/aromatic N) is 3. The molecule has 2 aromatic rings. The van der Waals surface area contributed by atoms with E-state index in [9.17, 15) is 0 Å². The molecule has 1 heterocycles. The predicted molar refractivity (Wildman–Crippen MR) is 88.2 cm³/mol. The molecule has 0 amide bonds. The van der Waals surface area contributed by atoms with Gasteiger partial charge >= 0.3 is 0 Å². The van der Waals surface area contributed by atoms with Crippen molar-refractivity contribution in [3.63, 3.8) is 0 Å². The highest BCUT2D eigenvalue weighted by Crippen LogP contribution is 2.24. The van der Waals surface area contributed by atoms with E-state index >= 15 is 0 Å². The van der Waals surface area contributed by atoms with Gasteiger partial charge in [0, 0.05) is 30.7 Å². The Morgan fingerprint density at radius 2 is 2.19 bits per heavy atom. The summed E-state index contributed by atoms with van der Waals surface area (Å²) in [6.07, 6.45) is 4.54. The highest BCUT2D eigenvalue weighted by Gasteiger charge is 2.00. The Morgan fingerprint density at radius 1 is 1.38 bits per heavy atom. The molecule has 5 nitrogen and oxygen atoms in total. The van der Waals surface area contributed by atoms with Crippen molar-refractivity contribution in [3.8, 4) is 0 Å². The number of imidazole rings is 1. The molecule has 0 aliphatic rings. The first-order valence-electron chi connectivity index (χ1n) is 6.55. The van der Waals surface area contributed by atoms with Crippen LogP contribution in [0, 0.1) is 6.92 Å². The van der Waals surface area contributed by atoms with E-state index in [4.69, 9.17) is 28.9 Å². The van der Waals surface area contributed by atoms with Crippen molar-refractivity contribution in [1.29, 1.82) is 0 Å². The minimum Gasteiger partial charge on any atom is -0.370 e. The summed E-state index contributed by atoms with van der Waals surface area (Å²) in [6.45, 7) is 3.53. The van der Waals surface area contributed by atoms with Gasteiger partial charge in [0.1, 0.15) is 0 Å².